The minimum absolute atomic E-state index is 0.301. The summed E-state index contributed by atoms with van der Waals surface area (Å²) >= 11 is 0. The van der Waals surface area contributed by atoms with Gasteiger partial charge in [-0.25, -0.2) is 9.59 Å². The lowest BCUT2D eigenvalue weighted by Crippen LogP contribution is -2.56. The fraction of sp³-hybridized carbons (Fsp3) is 0.846. The summed E-state index contributed by atoms with van der Waals surface area (Å²) in [6.45, 7) is 11.3. The van der Waals surface area contributed by atoms with Crippen LogP contribution < -0.4 is 10.6 Å². The molecule has 0 aromatic carbocycles. The summed E-state index contributed by atoms with van der Waals surface area (Å²) in [4.78, 5) is 23.0. The number of aliphatic carboxylic acids is 1. The van der Waals surface area contributed by atoms with E-state index in [9.17, 15) is 9.59 Å². The number of carboxylic acids is 1. The Hall–Kier alpha value is -1.26. The normalized spacial score (nSPS) is 13.9. The first-order valence-corrected chi connectivity index (χ1v) is 6.37. The van der Waals surface area contributed by atoms with E-state index in [1.165, 1.54) is 0 Å². The molecule has 0 aliphatic rings. The van der Waals surface area contributed by atoms with Gasteiger partial charge in [-0.2, -0.15) is 0 Å². The molecule has 0 saturated carbocycles. The van der Waals surface area contributed by atoms with Crippen LogP contribution in [-0.2, 0) is 4.79 Å². The van der Waals surface area contributed by atoms with Crippen LogP contribution in [0.2, 0.25) is 0 Å². The van der Waals surface area contributed by atoms with Gasteiger partial charge in [0.15, 0.2) is 0 Å². The molecule has 0 aliphatic heterocycles. The molecular weight excluding hydrogens is 232 g/mol. The summed E-state index contributed by atoms with van der Waals surface area (Å²) < 4.78 is 0. The summed E-state index contributed by atoms with van der Waals surface area (Å²) in [6.07, 6.45) is 1.59. The van der Waals surface area contributed by atoms with Crippen LogP contribution in [0.5, 0.6) is 0 Å². The molecule has 0 spiro atoms. The van der Waals surface area contributed by atoms with Crippen molar-refractivity contribution in [3.05, 3.63) is 0 Å². The Labute approximate surface area is 109 Å². The van der Waals surface area contributed by atoms with Crippen LogP contribution in [0.4, 0.5) is 4.79 Å². The molecular formula is C13H26N2O3. The van der Waals surface area contributed by atoms with Crippen molar-refractivity contribution in [2.75, 3.05) is 0 Å². The van der Waals surface area contributed by atoms with E-state index in [1.807, 2.05) is 20.8 Å². The molecule has 0 bridgehead atoms. The Morgan fingerprint density at radius 3 is 1.83 bits per heavy atom. The van der Waals surface area contributed by atoms with E-state index in [0.29, 0.717) is 0 Å². The highest BCUT2D eigenvalue weighted by molar-refractivity contribution is 5.83. The molecule has 106 valence electrons. The molecule has 0 saturated heterocycles. The van der Waals surface area contributed by atoms with Crippen LogP contribution >= 0.6 is 0 Å². The van der Waals surface area contributed by atoms with Crippen LogP contribution in [0.3, 0.4) is 0 Å². The highest BCUT2D eigenvalue weighted by atomic mass is 16.4. The Bertz CT molecular complexity index is 304. The third-order valence-corrected chi connectivity index (χ3v) is 3.36. The van der Waals surface area contributed by atoms with Gasteiger partial charge in [-0.3, -0.25) is 0 Å². The highest BCUT2D eigenvalue weighted by Gasteiger charge is 2.33. The molecule has 0 aromatic rings. The molecule has 18 heavy (non-hydrogen) atoms. The summed E-state index contributed by atoms with van der Waals surface area (Å²) in [7, 11) is 0. The lowest BCUT2D eigenvalue weighted by molar-refractivity contribution is -0.141. The first-order valence-electron chi connectivity index (χ1n) is 6.37. The number of rotatable bonds is 5. The van der Waals surface area contributed by atoms with Crippen molar-refractivity contribution >= 4 is 12.0 Å². The monoisotopic (exact) mass is 258 g/mol. The zero-order valence-electron chi connectivity index (χ0n) is 12.3. The number of amides is 2. The topological polar surface area (TPSA) is 78.4 Å². The second-order valence-corrected chi connectivity index (χ2v) is 6.00. The maximum atomic E-state index is 11.9. The van der Waals surface area contributed by atoms with Gasteiger partial charge in [-0.05, 0) is 25.2 Å². The Morgan fingerprint density at radius 2 is 1.56 bits per heavy atom. The lowest BCUT2D eigenvalue weighted by atomic mass is 9.87. The van der Waals surface area contributed by atoms with Crippen LogP contribution in [0.25, 0.3) is 0 Å². The van der Waals surface area contributed by atoms with E-state index < -0.39 is 23.5 Å². The molecule has 0 rings (SSSR count). The van der Waals surface area contributed by atoms with Gasteiger partial charge in [-0.1, -0.05) is 34.6 Å². The highest BCUT2D eigenvalue weighted by Crippen LogP contribution is 2.20. The number of hydrogen-bond acceptors (Lipinski definition) is 2. The van der Waals surface area contributed by atoms with E-state index >= 15 is 0 Å². The fourth-order valence-electron chi connectivity index (χ4n) is 1.52. The van der Waals surface area contributed by atoms with Crippen molar-refractivity contribution in [3.63, 3.8) is 0 Å². The Balaban J connectivity index is 4.69. The van der Waals surface area contributed by atoms with Gasteiger partial charge in [0.2, 0.25) is 0 Å². The van der Waals surface area contributed by atoms with Gasteiger partial charge in [0, 0.05) is 5.54 Å². The minimum Gasteiger partial charge on any atom is -0.480 e. The van der Waals surface area contributed by atoms with E-state index in [-0.39, 0.29) is 5.54 Å². The average molecular weight is 258 g/mol. The lowest BCUT2D eigenvalue weighted by Gasteiger charge is -2.32. The third kappa shape index (κ3) is 4.94. The number of carboxylic acid groups (broad SMARTS) is 1. The van der Waals surface area contributed by atoms with Crippen molar-refractivity contribution < 1.29 is 14.7 Å². The molecule has 0 radical (unpaired) electrons. The van der Waals surface area contributed by atoms with Gasteiger partial charge in [-0.15, -0.1) is 0 Å². The Kier molecular flexibility index (Phi) is 5.64. The van der Waals surface area contributed by atoms with Crippen molar-refractivity contribution in [2.45, 2.75) is 66.0 Å². The summed E-state index contributed by atoms with van der Waals surface area (Å²) in [5.41, 5.74) is -0.830. The van der Waals surface area contributed by atoms with Crippen LogP contribution in [0.1, 0.15) is 54.4 Å². The molecule has 5 heteroatoms. The number of carbonyl (C=O) groups excluding carboxylic acids is 1. The second-order valence-electron chi connectivity index (χ2n) is 6.00. The summed E-state index contributed by atoms with van der Waals surface area (Å²) in [5, 5.41) is 14.5. The van der Waals surface area contributed by atoms with Gasteiger partial charge in [0.1, 0.15) is 6.04 Å². The van der Waals surface area contributed by atoms with E-state index in [1.54, 1.807) is 20.8 Å². The zero-order chi connectivity index (χ0) is 14.6. The van der Waals surface area contributed by atoms with Crippen LogP contribution in [-0.4, -0.2) is 28.7 Å². The van der Waals surface area contributed by atoms with E-state index in [4.69, 9.17) is 5.11 Å². The Morgan fingerprint density at radius 1 is 1.11 bits per heavy atom. The van der Waals surface area contributed by atoms with Crippen molar-refractivity contribution in [3.8, 4) is 0 Å². The van der Waals surface area contributed by atoms with Crippen LogP contribution in [0.15, 0.2) is 0 Å². The van der Waals surface area contributed by atoms with E-state index in [0.717, 1.165) is 12.8 Å². The molecule has 1 atom stereocenters. The molecule has 1 unspecified atom stereocenters. The summed E-state index contributed by atoms with van der Waals surface area (Å²) in [5.74, 6) is -1.02. The molecule has 0 aromatic heterocycles. The van der Waals surface area contributed by atoms with Crippen molar-refractivity contribution in [1.29, 1.82) is 0 Å². The van der Waals surface area contributed by atoms with Gasteiger partial charge < -0.3 is 15.7 Å². The smallest absolute Gasteiger partial charge is 0.326 e. The molecule has 2 amide bonds. The van der Waals surface area contributed by atoms with Crippen molar-refractivity contribution in [2.24, 2.45) is 5.41 Å². The predicted molar refractivity (Wildman–Crippen MR) is 71.5 cm³/mol. The first kappa shape index (κ1) is 16.7. The average Bonchev–Trinajstić information content (AvgIpc) is 2.23. The number of carbonyl (C=O) groups is 2. The maximum Gasteiger partial charge on any atom is 0.326 e. The standard InChI is InChI=1S/C13H26N2O3/c1-7-13(6,8-2)15-11(18)14-9(10(16)17)12(3,4)5/h9H,7-8H2,1-6H3,(H,16,17)(H2,14,15,18). The van der Waals surface area contributed by atoms with Gasteiger partial charge in [0.05, 0.1) is 0 Å². The molecule has 0 fully saturated rings. The van der Waals surface area contributed by atoms with E-state index in [2.05, 4.69) is 10.6 Å². The van der Waals surface area contributed by atoms with Crippen molar-refractivity contribution in [1.82, 2.24) is 10.6 Å². The first-order chi connectivity index (χ1) is 8.05. The predicted octanol–water partition coefficient (Wildman–Crippen LogP) is 2.36. The second kappa shape index (κ2) is 6.07. The molecule has 0 aliphatic carbocycles. The zero-order valence-corrected chi connectivity index (χ0v) is 12.3. The molecule has 3 N–H and O–H groups in total. The fourth-order valence-corrected chi connectivity index (χ4v) is 1.52. The quantitative estimate of drug-likeness (QED) is 0.708. The summed E-state index contributed by atoms with van der Waals surface area (Å²) in [6, 6.07) is -1.33. The number of hydrogen-bond donors (Lipinski definition) is 3. The van der Waals surface area contributed by atoms with Crippen LogP contribution in [0, 0.1) is 5.41 Å². The van der Waals surface area contributed by atoms with Gasteiger partial charge in [0.25, 0.3) is 0 Å². The molecule has 5 nitrogen and oxygen atoms in total. The number of nitrogens with one attached hydrogen (secondary N) is 2. The number of urea groups is 1. The minimum atomic E-state index is -1.02. The SMILES string of the molecule is CCC(C)(CC)NC(=O)NC(C(=O)O)C(C)(C)C. The third-order valence-electron chi connectivity index (χ3n) is 3.36. The molecule has 0 heterocycles. The maximum absolute atomic E-state index is 11.9. The largest absolute Gasteiger partial charge is 0.480 e. The van der Waals surface area contributed by atoms with Gasteiger partial charge >= 0.3 is 12.0 Å².